The minimum absolute atomic E-state index is 0.0461. The van der Waals surface area contributed by atoms with Crippen LogP contribution in [-0.2, 0) is 19.6 Å². The summed E-state index contributed by atoms with van der Waals surface area (Å²) >= 11 is 1.13. The smallest absolute Gasteiger partial charge is 0.261 e. The van der Waals surface area contributed by atoms with Crippen LogP contribution in [0.1, 0.15) is 18.4 Å². The summed E-state index contributed by atoms with van der Waals surface area (Å²) in [7, 11) is -3.95. The number of nitrogens with one attached hydrogen (secondary N) is 2. The molecule has 1 fully saturated rings. The second kappa shape index (κ2) is 7.92. The van der Waals surface area contributed by atoms with E-state index in [1.54, 1.807) is 17.9 Å². The third kappa shape index (κ3) is 4.01. The number of hydrogen-bond acceptors (Lipinski definition) is 5. The summed E-state index contributed by atoms with van der Waals surface area (Å²) in [4.78, 5) is 27.4. The second-order valence-corrected chi connectivity index (χ2v) is 10.1. The topological polar surface area (TPSA) is 95.6 Å². The standard InChI is InChI=1S/C20H20FN3O4S2/c1-12-10-13(21)4-6-15(12)23-30(27,28)14-5-7-17-16(11-14)22-19(25)18(29-17)20(26)24-8-2-3-9-24/h4-7,10-11,18,23H,2-3,8-9H2,1H3,(H,22,25)/t18-/m1/s1. The van der Waals surface area contributed by atoms with E-state index in [0.29, 0.717) is 29.2 Å². The highest BCUT2D eigenvalue weighted by atomic mass is 32.2. The number of benzene rings is 2. The Morgan fingerprint density at radius 3 is 2.63 bits per heavy atom. The molecule has 0 aliphatic carbocycles. The molecule has 0 spiro atoms. The molecule has 0 radical (unpaired) electrons. The van der Waals surface area contributed by atoms with Crippen LogP contribution < -0.4 is 10.0 Å². The Labute approximate surface area is 178 Å². The van der Waals surface area contributed by atoms with Crippen molar-refractivity contribution in [3.8, 4) is 0 Å². The van der Waals surface area contributed by atoms with E-state index in [1.807, 2.05) is 0 Å². The van der Waals surface area contributed by atoms with Crippen LogP contribution in [0.5, 0.6) is 0 Å². The first-order chi connectivity index (χ1) is 14.2. The van der Waals surface area contributed by atoms with Gasteiger partial charge >= 0.3 is 0 Å². The van der Waals surface area contributed by atoms with Crippen LogP contribution in [0.3, 0.4) is 0 Å². The van der Waals surface area contributed by atoms with Gasteiger partial charge in [0.15, 0.2) is 5.25 Å². The molecule has 0 aromatic heterocycles. The maximum Gasteiger partial charge on any atom is 0.261 e. The number of fused-ring (bicyclic) bond motifs is 1. The molecule has 2 aromatic rings. The fourth-order valence-electron chi connectivity index (χ4n) is 3.47. The number of sulfonamides is 1. The number of likely N-dealkylation sites (tertiary alicyclic amines) is 1. The Balaban J connectivity index is 1.56. The molecule has 0 unspecified atom stereocenters. The quantitative estimate of drug-likeness (QED) is 0.700. The zero-order valence-electron chi connectivity index (χ0n) is 16.1. The average Bonchev–Trinajstić information content (AvgIpc) is 3.23. The van der Waals surface area contributed by atoms with Crippen molar-refractivity contribution >= 4 is 45.0 Å². The summed E-state index contributed by atoms with van der Waals surface area (Å²) in [6.45, 7) is 2.91. The summed E-state index contributed by atoms with van der Waals surface area (Å²) in [5.41, 5.74) is 1.06. The van der Waals surface area contributed by atoms with Gasteiger partial charge in [-0.1, -0.05) is 0 Å². The van der Waals surface area contributed by atoms with Crippen molar-refractivity contribution in [2.45, 2.75) is 34.8 Å². The van der Waals surface area contributed by atoms with Crippen molar-refractivity contribution in [1.82, 2.24) is 4.90 Å². The van der Waals surface area contributed by atoms with Gasteiger partial charge in [0, 0.05) is 18.0 Å². The van der Waals surface area contributed by atoms with E-state index in [1.165, 1.54) is 30.3 Å². The van der Waals surface area contributed by atoms with Crippen LogP contribution in [0.15, 0.2) is 46.2 Å². The zero-order valence-corrected chi connectivity index (χ0v) is 17.8. The van der Waals surface area contributed by atoms with Gasteiger partial charge < -0.3 is 10.2 Å². The third-order valence-corrected chi connectivity index (χ3v) is 7.70. The van der Waals surface area contributed by atoms with Crippen LogP contribution in [0.2, 0.25) is 0 Å². The molecule has 2 aliphatic heterocycles. The Morgan fingerprint density at radius 1 is 1.20 bits per heavy atom. The molecule has 2 aliphatic rings. The number of carbonyl (C=O) groups excluding carboxylic acids is 2. The highest BCUT2D eigenvalue weighted by Gasteiger charge is 2.37. The fourth-order valence-corrected chi connectivity index (χ4v) is 5.68. The number of aryl methyl sites for hydroxylation is 1. The average molecular weight is 450 g/mol. The minimum Gasteiger partial charge on any atom is -0.341 e. The number of carbonyl (C=O) groups is 2. The monoisotopic (exact) mass is 449 g/mol. The molecule has 0 bridgehead atoms. The summed E-state index contributed by atoms with van der Waals surface area (Å²) in [6, 6.07) is 8.12. The van der Waals surface area contributed by atoms with E-state index in [0.717, 1.165) is 24.6 Å². The molecule has 4 rings (SSSR count). The molecule has 0 saturated carbocycles. The van der Waals surface area contributed by atoms with Crippen molar-refractivity contribution in [2.75, 3.05) is 23.1 Å². The molecule has 10 heteroatoms. The molecule has 2 amide bonds. The predicted molar refractivity (Wildman–Crippen MR) is 112 cm³/mol. The first kappa shape index (κ1) is 20.7. The fraction of sp³-hybridized carbons (Fsp3) is 0.300. The van der Waals surface area contributed by atoms with Gasteiger partial charge in [0.2, 0.25) is 11.8 Å². The van der Waals surface area contributed by atoms with Gasteiger partial charge in [-0.25, -0.2) is 12.8 Å². The molecule has 2 N–H and O–H groups in total. The van der Waals surface area contributed by atoms with Gasteiger partial charge in [-0.15, -0.1) is 11.8 Å². The Kier molecular flexibility index (Phi) is 5.46. The summed E-state index contributed by atoms with van der Waals surface area (Å²) in [5, 5.41) is 1.78. The minimum atomic E-state index is -3.95. The highest BCUT2D eigenvalue weighted by Crippen LogP contribution is 2.38. The van der Waals surface area contributed by atoms with Crippen LogP contribution >= 0.6 is 11.8 Å². The zero-order chi connectivity index (χ0) is 21.5. The van der Waals surface area contributed by atoms with Crippen LogP contribution in [0, 0.1) is 12.7 Å². The van der Waals surface area contributed by atoms with Crippen LogP contribution in [0.4, 0.5) is 15.8 Å². The molecule has 2 aromatic carbocycles. The Hall–Kier alpha value is -2.59. The van der Waals surface area contributed by atoms with Crippen LogP contribution in [-0.4, -0.2) is 43.5 Å². The molecular weight excluding hydrogens is 429 g/mol. The summed E-state index contributed by atoms with van der Waals surface area (Å²) < 4.78 is 41.2. The maximum atomic E-state index is 13.3. The third-order valence-electron chi connectivity index (χ3n) is 5.08. The number of thioether (sulfide) groups is 1. The lowest BCUT2D eigenvalue weighted by Gasteiger charge is -2.27. The first-order valence-electron chi connectivity index (χ1n) is 9.44. The Morgan fingerprint density at radius 2 is 1.93 bits per heavy atom. The number of nitrogens with zero attached hydrogens (tertiary/aromatic N) is 1. The normalized spacial score (nSPS) is 18.7. The molecular formula is C20H20FN3O4S2. The largest absolute Gasteiger partial charge is 0.341 e. The van der Waals surface area contributed by atoms with Gasteiger partial charge in [-0.3, -0.25) is 14.3 Å². The van der Waals surface area contributed by atoms with Gasteiger partial charge in [-0.2, -0.15) is 0 Å². The SMILES string of the molecule is Cc1cc(F)ccc1NS(=O)(=O)c1ccc2c(c1)NC(=O)[C@H](C(=O)N1CCCC1)S2. The van der Waals surface area contributed by atoms with Crippen LogP contribution in [0.25, 0.3) is 0 Å². The van der Waals surface area contributed by atoms with Crippen molar-refractivity contribution in [2.24, 2.45) is 0 Å². The number of amides is 2. The Bertz CT molecular complexity index is 1130. The van der Waals surface area contributed by atoms with Gasteiger partial charge in [-0.05, 0) is 61.7 Å². The van der Waals surface area contributed by atoms with E-state index in [2.05, 4.69) is 10.0 Å². The van der Waals surface area contributed by atoms with E-state index in [4.69, 9.17) is 0 Å². The molecule has 1 saturated heterocycles. The second-order valence-electron chi connectivity index (χ2n) is 7.24. The lowest BCUT2D eigenvalue weighted by Crippen LogP contribution is -2.43. The summed E-state index contributed by atoms with van der Waals surface area (Å²) in [6.07, 6.45) is 1.87. The van der Waals surface area contributed by atoms with Gasteiger partial charge in [0.05, 0.1) is 16.3 Å². The number of rotatable bonds is 4. The predicted octanol–water partition coefficient (Wildman–Crippen LogP) is 2.97. The highest BCUT2D eigenvalue weighted by molar-refractivity contribution is 8.01. The van der Waals surface area contributed by atoms with E-state index >= 15 is 0 Å². The molecule has 158 valence electrons. The first-order valence-corrected chi connectivity index (χ1v) is 11.8. The number of anilines is 2. The number of halogens is 1. The van der Waals surface area contributed by atoms with Gasteiger partial charge in [0.25, 0.3) is 10.0 Å². The lowest BCUT2D eigenvalue weighted by atomic mass is 10.2. The van der Waals surface area contributed by atoms with Crippen molar-refractivity contribution in [1.29, 1.82) is 0 Å². The van der Waals surface area contributed by atoms with E-state index < -0.39 is 27.0 Å². The van der Waals surface area contributed by atoms with Crippen molar-refractivity contribution < 1.29 is 22.4 Å². The van der Waals surface area contributed by atoms with Crippen molar-refractivity contribution in [3.63, 3.8) is 0 Å². The van der Waals surface area contributed by atoms with Gasteiger partial charge in [0.1, 0.15) is 5.82 Å². The molecule has 2 heterocycles. The molecule has 1 atom stereocenters. The molecule has 30 heavy (non-hydrogen) atoms. The lowest BCUT2D eigenvalue weighted by molar-refractivity contribution is -0.133. The number of hydrogen-bond donors (Lipinski definition) is 2. The van der Waals surface area contributed by atoms with E-state index in [-0.39, 0.29) is 16.5 Å². The maximum absolute atomic E-state index is 13.3. The summed E-state index contributed by atoms with van der Waals surface area (Å²) in [5.74, 6) is -1.13. The van der Waals surface area contributed by atoms with Crippen molar-refractivity contribution in [3.05, 3.63) is 47.8 Å². The van der Waals surface area contributed by atoms with E-state index in [9.17, 15) is 22.4 Å². The molecule has 7 nitrogen and oxygen atoms in total.